The molecule has 0 radical (unpaired) electrons. The van der Waals surface area contributed by atoms with Crippen molar-refractivity contribution in [3.63, 3.8) is 0 Å². The van der Waals surface area contributed by atoms with Crippen molar-refractivity contribution in [1.29, 1.82) is 0 Å². The van der Waals surface area contributed by atoms with Crippen LogP contribution in [0.5, 0.6) is 5.75 Å². The molecule has 23 heavy (non-hydrogen) atoms. The van der Waals surface area contributed by atoms with E-state index >= 15 is 0 Å². The smallest absolute Gasteiger partial charge is 0.142 e. The lowest BCUT2D eigenvalue weighted by molar-refractivity contribution is 0.169. The highest BCUT2D eigenvalue weighted by Crippen LogP contribution is 2.38. The van der Waals surface area contributed by atoms with Gasteiger partial charge in [-0.1, -0.05) is 17.7 Å². The minimum Gasteiger partial charge on any atom is -0.492 e. The molecule has 0 saturated heterocycles. The maximum absolute atomic E-state index is 10.3. The molecule has 0 saturated carbocycles. The minimum absolute atomic E-state index is 0.126. The minimum atomic E-state index is -0.564. The first-order chi connectivity index (χ1) is 11.1. The lowest BCUT2D eigenvalue weighted by Crippen LogP contribution is -2.26. The summed E-state index contributed by atoms with van der Waals surface area (Å²) < 4.78 is 5.81. The molecule has 2 atom stereocenters. The van der Waals surface area contributed by atoms with E-state index in [1.165, 1.54) is 0 Å². The molecule has 0 fully saturated rings. The summed E-state index contributed by atoms with van der Waals surface area (Å²) in [5.41, 5.74) is 3.05. The summed E-state index contributed by atoms with van der Waals surface area (Å²) in [4.78, 5) is 3.98. The fourth-order valence-corrected chi connectivity index (χ4v) is 3.29. The van der Waals surface area contributed by atoms with Crippen LogP contribution in [-0.4, -0.2) is 23.2 Å². The molecule has 2 heterocycles. The van der Waals surface area contributed by atoms with Crippen LogP contribution >= 0.6 is 11.6 Å². The number of aryl methyl sites for hydroxylation is 1. The first-order valence-corrected chi connectivity index (χ1v) is 8.27. The van der Waals surface area contributed by atoms with Gasteiger partial charge in [0.05, 0.1) is 17.7 Å². The predicted molar refractivity (Wildman–Crippen MR) is 90.9 cm³/mol. The van der Waals surface area contributed by atoms with E-state index in [0.717, 1.165) is 35.3 Å². The molecular formula is C18H21ClN2O2. The third kappa shape index (κ3) is 3.83. The van der Waals surface area contributed by atoms with Crippen LogP contribution in [-0.2, 0) is 0 Å². The van der Waals surface area contributed by atoms with Crippen molar-refractivity contribution < 1.29 is 9.84 Å². The number of nitrogens with one attached hydrogen (secondary N) is 1. The number of aliphatic hydroxyl groups is 1. The lowest BCUT2D eigenvalue weighted by Gasteiger charge is -2.21. The second-order valence-electron chi connectivity index (χ2n) is 5.91. The van der Waals surface area contributed by atoms with Gasteiger partial charge >= 0.3 is 0 Å². The van der Waals surface area contributed by atoms with Crippen molar-refractivity contribution in [3.8, 4) is 5.75 Å². The Bertz CT molecular complexity index is 664. The second kappa shape index (κ2) is 7.30. The highest BCUT2D eigenvalue weighted by Gasteiger charge is 2.23. The Balaban J connectivity index is 1.76. The normalized spacial score (nSPS) is 18.7. The van der Waals surface area contributed by atoms with Crippen molar-refractivity contribution in [2.75, 3.05) is 13.2 Å². The predicted octanol–water partition coefficient (Wildman–Crippen LogP) is 3.58. The summed E-state index contributed by atoms with van der Waals surface area (Å²) in [5.74, 6) is 0.769. The van der Waals surface area contributed by atoms with Crippen molar-refractivity contribution in [2.24, 2.45) is 0 Å². The van der Waals surface area contributed by atoms with Crippen LogP contribution < -0.4 is 10.1 Å². The average molecular weight is 333 g/mol. The first kappa shape index (κ1) is 16.2. The highest BCUT2D eigenvalue weighted by atomic mass is 35.5. The van der Waals surface area contributed by atoms with Gasteiger partial charge in [0.2, 0.25) is 0 Å². The van der Waals surface area contributed by atoms with Gasteiger partial charge in [-0.05, 0) is 49.1 Å². The molecule has 0 amide bonds. The van der Waals surface area contributed by atoms with Gasteiger partial charge in [0.1, 0.15) is 5.75 Å². The Hall–Kier alpha value is -1.62. The molecular weight excluding hydrogens is 312 g/mol. The molecule has 1 aliphatic rings. The van der Waals surface area contributed by atoms with E-state index in [9.17, 15) is 5.11 Å². The zero-order chi connectivity index (χ0) is 16.2. The third-order valence-electron chi connectivity index (χ3n) is 4.12. The molecule has 5 heteroatoms. The molecule has 2 aromatic rings. The summed E-state index contributed by atoms with van der Waals surface area (Å²) in [7, 11) is 0. The van der Waals surface area contributed by atoms with Gasteiger partial charge in [0.25, 0.3) is 0 Å². The van der Waals surface area contributed by atoms with Crippen molar-refractivity contribution >= 4 is 11.6 Å². The Kier molecular flexibility index (Phi) is 5.16. The molecule has 0 bridgehead atoms. The molecule has 3 rings (SSSR count). The summed E-state index contributed by atoms with van der Waals surface area (Å²) in [6.45, 7) is 3.17. The number of rotatable bonds is 4. The number of halogens is 1. The number of fused-ring (bicyclic) bond motifs is 1. The SMILES string of the molecule is Cc1cc(Cl)c2c(c1)C(NCC(O)c1ccncc1)CCCO2. The van der Waals surface area contributed by atoms with Crippen LogP contribution in [0.25, 0.3) is 0 Å². The molecule has 4 nitrogen and oxygen atoms in total. The molecule has 0 spiro atoms. The van der Waals surface area contributed by atoms with Crippen molar-refractivity contribution in [2.45, 2.75) is 31.9 Å². The van der Waals surface area contributed by atoms with E-state index in [2.05, 4.69) is 16.4 Å². The number of aromatic nitrogens is 1. The molecule has 1 aromatic carbocycles. The quantitative estimate of drug-likeness (QED) is 0.898. The number of hydrogen-bond acceptors (Lipinski definition) is 4. The van der Waals surface area contributed by atoms with Crippen LogP contribution in [0.3, 0.4) is 0 Å². The molecule has 2 N–H and O–H groups in total. The van der Waals surface area contributed by atoms with Crippen LogP contribution in [0.4, 0.5) is 0 Å². The highest BCUT2D eigenvalue weighted by molar-refractivity contribution is 6.32. The number of nitrogens with zero attached hydrogens (tertiary/aromatic N) is 1. The topological polar surface area (TPSA) is 54.4 Å². The van der Waals surface area contributed by atoms with Gasteiger partial charge < -0.3 is 15.2 Å². The Morgan fingerprint density at radius 3 is 2.96 bits per heavy atom. The summed E-state index contributed by atoms with van der Waals surface area (Å²) in [6.07, 6.45) is 4.72. The van der Waals surface area contributed by atoms with E-state index in [1.54, 1.807) is 12.4 Å². The van der Waals surface area contributed by atoms with Gasteiger partial charge in [-0.25, -0.2) is 0 Å². The Morgan fingerprint density at radius 2 is 2.17 bits per heavy atom. The van der Waals surface area contributed by atoms with Gasteiger partial charge in [-0.3, -0.25) is 4.98 Å². The van der Waals surface area contributed by atoms with Crippen LogP contribution in [0.1, 0.15) is 41.7 Å². The van der Waals surface area contributed by atoms with Gasteiger partial charge in [-0.15, -0.1) is 0 Å². The number of benzene rings is 1. The van der Waals surface area contributed by atoms with E-state index < -0.39 is 6.10 Å². The number of pyridine rings is 1. The van der Waals surface area contributed by atoms with Crippen LogP contribution in [0.2, 0.25) is 5.02 Å². The summed E-state index contributed by atoms with van der Waals surface area (Å²) >= 11 is 6.33. The zero-order valence-electron chi connectivity index (χ0n) is 13.1. The fourth-order valence-electron chi connectivity index (χ4n) is 2.95. The average Bonchev–Trinajstić information content (AvgIpc) is 2.76. The first-order valence-electron chi connectivity index (χ1n) is 7.89. The van der Waals surface area contributed by atoms with Gasteiger partial charge in [0, 0.05) is 30.5 Å². The Morgan fingerprint density at radius 1 is 1.39 bits per heavy atom. The molecule has 1 aromatic heterocycles. The number of ether oxygens (including phenoxy) is 1. The maximum atomic E-state index is 10.3. The van der Waals surface area contributed by atoms with E-state index in [1.807, 2.05) is 25.1 Å². The monoisotopic (exact) mass is 332 g/mol. The number of aliphatic hydroxyl groups excluding tert-OH is 1. The lowest BCUT2D eigenvalue weighted by atomic mass is 9.99. The van der Waals surface area contributed by atoms with Crippen molar-refractivity contribution in [3.05, 3.63) is 58.4 Å². The maximum Gasteiger partial charge on any atom is 0.142 e. The third-order valence-corrected chi connectivity index (χ3v) is 4.40. The number of hydrogen-bond donors (Lipinski definition) is 2. The molecule has 0 aliphatic carbocycles. The summed E-state index contributed by atoms with van der Waals surface area (Å²) in [5, 5.41) is 14.4. The standard InChI is InChI=1S/C18H21ClN2O2/c1-12-9-14-16(3-2-8-23-18(14)15(19)10-12)21-11-17(22)13-4-6-20-7-5-13/h4-7,9-10,16-17,21-22H,2-3,8,11H2,1H3. The van der Waals surface area contributed by atoms with Gasteiger partial charge in [0.15, 0.2) is 0 Å². The van der Waals surface area contributed by atoms with Crippen LogP contribution in [0.15, 0.2) is 36.7 Å². The largest absolute Gasteiger partial charge is 0.492 e. The zero-order valence-corrected chi connectivity index (χ0v) is 13.9. The molecule has 2 unspecified atom stereocenters. The van der Waals surface area contributed by atoms with Gasteiger partial charge in [-0.2, -0.15) is 0 Å². The second-order valence-corrected chi connectivity index (χ2v) is 6.32. The molecule has 122 valence electrons. The molecule has 1 aliphatic heterocycles. The van der Waals surface area contributed by atoms with E-state index in [-0.39, 0.29) is 6.04 Å². The van der Waals surface area contributed by atoms with E-state index in [4.69, 9.17) is 16.3 Å². The van der Waals surface area contributed by atoms with E-state index in [0.29, 0.717) is 18.2 Å². The van der Waals surface area contributed by atoms with Crippen LogP contribution in [0, 0.1) is 6.92 Å². The van der Waals surface area contributed by atoms with Crippen molar-refractivity contribution in [1.82, 2.24) is 10.3 Å². The fraction of sp³-hybridized carbons (Fsp3) is 0.389. The summed E-state index contributed by atoms with van der Waals surface area (Å²) in [6, 6.07) is 7.83. The Labute approximate surface area is 141 Å².